The van der Waals surface area contributed by atoms with E-state index < -0.39 is 0 Å². The number of nitrogens with zero attached hydrogens (tertiary/aromatic N) is 1. The van der Waals surface area contributed by atoms with Crippen molar-refractivity contribution in [3.63, 3.8) is 0 Å². The summed E-state index contributed by atoms with van der Waals surface area (Å²) in [7, 11) is 0. The van der Waals surface area contributed by atoms with Gasteiger partial charge in [-0.15, -0.1) is 0 Å². The first kappa shape index (κ1) is 17.2. The van der Waals surface area contributed by atoms with E-state index in [4.69, 9.17) is 0 Å². The first-order valence-corrected chi connectivity index (χ1v) is 8.81. The summed E-state index contributed by atoms with van der Waals surface area (Å²) in [6.45, 7) is 6.78. The van der Waals surface area contributed by atoms with E-state index in [1.54, 1.807) is 0 Å². The fraction of sp³-hybridized carbons (Fsp3) is 0.333. The highest BCUT2D eigenvalue weighted by molar-refractivity contribution is 6.05. The first-order valence-electron chi connectivity index (χ1n) is 8.81. The number of rotatable bonds is 4. The minimum Gasteiger partial charge on any atom is -0.322 e. The number of fused-ring (bicyclic) bond motifs is 1. The third kappa shape index (κ3) is 3.73. The highest BCUT2D eigenvalue weighted by atomic mass is 16.2. The fourth-order valence-corrected chi connectivity index (χ4v) is 3.42. The van der Waals surface area contributed by atoms with Gasteiger partial charge in [0.25, 0.3) is 5.91 Å². The summed E-state index contributed by atoms with van der Waals surface area (Å²) in [6.07, 6.45) is 2.18. The second-order valence-electron chi connectivity index (χ2n) is 6.72. The van der Waals surface area contributed by atoms with Gasteiger partial charge in [0, 0.05) is 29.9 Å². The van der Waals surface area contributed by atoms with E-state index >= 15 is 0 Å². The highest BCUT2D eigenvalue weighted by Gasteiger charge is 2.23. The Morgan fingerprint density at radius 3 is 2.48 bits per heavy atom. The molecule has 4 nitrogen and oxygen atoms in total. The lowest BCUT2D eigenvalue weighted by atomic mass is 10.00. The topological polar surface area (TPSA) is 49.4 Å². The van der Waals surface area contributed by atoms with Crippen LogP contribution in [0.3, 0.4) is 0 Å². The van der Waals surface area contributed by atoms with E-state index in [2.05, 4.69) is 18.3 Å². The van der Waals surface area contributed by atoms with Gasteiger partial charge in [-0.3, -0.25) is 9.59 Å². The van der Waals surface area contributed by atoms with Crippen molar-refractivity contribution < 1.29 is 9.59 Å². The number of aryl methyl sites for hydroxylation is 3. The standard InChI is InChI=1S/C21H24N2O2/c1-4-9-23-19-7-6-18(13-16(19)5-8-20(23)24)22-21(25)17-11-14(2)10-15(3)12-17/h6-7,10-13H,4-5,8-9H2,1-3H3,(H,22,25). The third-order valence-electron chi connectivity index (χ3n) is 4.47. The molecule has 3 rings (SSSR count). The lowest BCUT2D eigenvalue weighted by molar-refractivity contribution is -0.118. The number of carbonyl (C=O) groups is 2. The summed E-state index contributed by atoms with van der Waals surface area (Å²) in [6, 6.07) is 11.6. The number of anilines is 2. The molecular formula is C21H24N2O2. The Morgan fingerprint density at radius 2 is 1.80 bits per heavy atom. The van der Waals surface area contributed by atoms with Gasteiger partial charge in [-0.2, -0.15) is 0 Å². The molecule has 2 aromatic rings. The van der Waals surface area contributed by atoms with Gasteiger partial charge in [0.2, 0.25) is 5.91 Å². The molecule has 1 N–H and O–H groups in total. The average Bonchev–Trinajstić information content (AvgIpc) is 2.56. The summed E-state index contributed by atoms with van der Waals surface area (Å²) in [5.74, 6) is 0.0745. The molecule has 2 amide bonds. The van der Waals surface area contributed by atoms with Crippen molar-refractivity contribution in [2.45, 2.75) is 40.0 Å². The molecule has 0 aromatic heterocycles. The zero-order chi connectivity index (χ0) is 18.0. The van der Waals surface area contributed by atoms with Crippen LogP contribution in [0.1, 0.15) is 46.8 Å². The van der Waals surface area contributed by atoms with E-state index in [-0.39, 0.29) is 11.8 Å². The quantitative estimate of drug-likeness (QED) is 0.907. The Balaban J connectivity index is 1.82. The van der Waals surface area contributed by atoms with Crippen molar-refractivity contribution in [3.05, 3.63) is 58.7 Å². The molecule has 130 valence electrons. The van der Waals surface area contributed by atoms with Crippen LogP contribution in [0.5, 0.6) is 0 Å². The summed E-state index contributed by atoms with van der Waals surface area (Å²) >= 11 is 0. The van der Waals surface area contributed by atoms with Crippen LogP contribution in [-0.4, -0.2) is 18.4 Å². The molecule has 0 radical (unpaired) electrons. The molecule has 0 bridgehead atoms. The number of amides is 2. The van der Waals surface area contributed by atoms with Gasteiger partial charge in [0.05, 0.1) is 0 Å². The maximum absolute atomic E-state index is 12.5. The molecule has 0 unspecified atom stereocenters. The van der Waals surface area contributed by atoms with Gasteiger partial charge < -0.3 is 10.2 Å². The van der Waals surface area contributed by atoms with Gasteiger partial charge in [-0.1, -0.05) is 24.1 Å². The van der Waals surface area contributed by atoms with Crippen LogP contribution in [0.2, 0.25) is 0 Å². The van der Waals surface area contributed by atoms with E-state index in [1.807, 2.05) is 49.1 Å². The molecule has 0 saturated heterocycles. The minimum absolute atomic E-state index is 0.107. The second-order valence-corrected chi connectivity index (χ2v) is 6.72. The largest absolute Gasteiger partial charge is 0.322 e. The molecule has 0 spiro atoms. The van der Waals surface area contributed by atoms with Crippen LogP contribution in [0.15, 0.2) is 36.4 Å². The van der Waals surface area contributed by atoms with Crippen molar-refractivity contribution in [1.82, 2.24) is 0 Å². The Kier molecular flexibility index (Phi) is 4.88. The van der Waals surface area contributed by atoms with Gasteiger partial charge in [0.15, 0.2) is 0 Å². The van der Waals surface area contributed by atoms with Crippen LogP contribution in [0.4, 0.5) is 11.4 Å². The van der Waals surface area contributed by atoms with E-state index in [9.17, 15) is 9.59 Å². The predicted octanol–water partition coefficient (Wildman–Crippen LogP) is 4.24. The molecular weight excluding hydrogens is 312 g/mol. The first-order chi connectivity index (χ1) is 12.0. The number of carbonyl (C=O) groups excluding carboxylic acids is 2. The van der Waals surface area contributed by atoms with Crippen LogP contribution in [-0.2, 0) is 11.2 Å². The summed E-state index contributed by atoms with van der Waals surface area (Å²) < 4.78 is 0. The van der Waals surface area contributed by atoms with Crippen LogP contribution >= 0.6 is 0 Å². The molecule has 0 aliphatic carbocycles. The minimum atomic E-state index is -0.107. The summed E-state index contributed by atoms with van der Waals surface area (Å²) in [4.78, 5) is 26.5. The van der Waals surface area contributed by atoms with Gasteiger partial charge >= 0.3 is 0 Å². The average molecular weight is 336 g/mol. The van der Waals surface area contributed by atoms with Crippen molar-refractivity contribution >= 4 is 23.2 Å². The molecule has 1 heterocycles. The van der Waals surface area contributed by atoms with Crippen molar-refractivity contribution in [2.24, 2.45) is 0 Å². The third-order valence-corrected chi connectivity index (χ3v) is 4.47. The van der Waals surface area contributed by atoms with Crippen LogP contribution in [0, 0.1) is 13.8 Å². The lowest BCUT2D eigenvalue weighted by Crippen LogP contribution is -2.35. The Labute approximate surface area is 148 Å². The van der Waals surface area contributed by atoms with Crippen LogP contribution < -0.4 is 10.2 Å². The molecule has 0 atom stereocenters. The van der Waals surface area contributed by atoms with Gasteiger partial charge in [-0.25, -0.2) is 0 Å². The maximum atomic E-state index is 12.5. The maximum Gasteiger partial charge on any atom is 0.255 e. The lowest BCUT2D eigenvalue weighted by Gasteiger charge is -2.29. The van der Waals surface area contributed by atoms with Crippen LogP contribution in [0.25, 0.3) is 0 Å². The smallest absolute Gasteiger partial charge is 0.255 e. The number of hydrogen-bond acceptors (Lipinski definition) is 2. The molecule has 2 aromatic carbocycles. The fourth-order valence-electron chi connectivity index (χ4n) is 3.42. The monoisotopic (exact) mass is 336 g/mol. The molecule has 4 heteroatoms. The summed E-state index contributed by atoms with van der Waals surface area (Å²) in [5, 5.41) is 2.98. The number of nitrogens with one attached hydrogen (secondary N) is 1. The van der Waals surface area contributed by atoms with Crippen molar-refractivity contribution in [3.8, 4) is 0 Å². The SMILES string of the molecule is CCCN1C(=O)CCc2cc(NC(=O)c3cc(C)cc(C)c3)ccc21. The number of hydrogen-bond donors (Lipinski definition) is 1. The Morgan fingerprint density at radius 1 is 1.08 bits per heavy atom. The normalized spacial score (nSPS) is 13.6. The zero-order valence-corrected chi connectivity index (χ0v) is 15.1. The Bertz CT molecular complexity index is 806. The van der Waals surface area contributed by atoms with E-state index in [0.717, 1.165) is 47.5 Å². The van der Waals surface area contributed by atoms with Gasteiger partial charge in [0.1, 0.15) is 0 Å². The zero-order valence-electron chi connectivity index (χ0n) is 15.1. The van der Waals surface area contributed by atoms with Gasteiger partial charge in [-0.05, 0) is 62.6 Å². The summed E-state index contributed by atoms with van der Waals surface area (Å²) in [5.41, 5.74) is 5.68. The predicted molar refractivity (Wildman–Crippen MR) is 101 cm³/mol. The molecule has 1 aliphatic rings. The number of benzene rings is 2. The van der Waals surface area contributed by atoms with Crippen molar-refractivity contribution in [2.75, 3.05) is 16.8 Å². The van der Waals surface area contributed by atoms with E-state index in [0.29, 0.717) is 12.0 Å². The van der Waals surface area contributed by atoms with Crippen molar-refractivity contribution in [1.29, 1.82) is 0 Å². The highest BCUT2D eigenvalue weighted by Crippen LogP contribution is 2.30. The molecule has 0 saturated carbocycles. The molecule has 1 aliphatic heterocycles. The molecule has 25 heavy (non-hydrogen) atoms. The van der Waals surface area contributed by atoms with E-state index in [1.165, 1.54) is 0 Å². The second kappa shape index (κ2) is 7.09. The Hall–Kier alpha value is -2.62. The molecule has 0 fully saturated rings.